The summed E-state index contributed by atoms with van der Waals surface area (Å²) in [5.41, 5.74) is 1.57. The van der Waals surface area contributed by atoms with Crippen LogP contribution >= 0.6 is 11.8 Å². The molecule has 21 heavy (non-hydrogen) atoms. The van der Waals surface area contributed by atoms with Crippen LogP contribution in [0, 0.1) is 0 Å². The summed E-state index contributed by atoms with van der Waals surface area (Å²) in [5, 5.41) is 28.8. The third-order valence-corrected chi connectivity index (χ3v) is 3.61. The van der Waals surface area contributed by atoms with E-state index in [2.05, 4.69) is 15.5 Å². The quantitative estimate of drug-likeness (QED) is 0.717. The van der Waals surface area contributed by atoms with E-state index in [1.54, 1.807) is 12.1 Å². The number of thioether (sulfide) groups is 1. The van der Waals surface area contributed by atoms with Crippen molar-refractivity contribution in [1.82, 2.24) is 20.2 Å². The van der Waals surface area contributed by atoms with Crippen molar-refractivity contribution in [3.8, 4) is 0 Å². The van der Waals surface area contributed by atoms with Gasteiger partial charge in [0.1, 0.15) is 6.54 Å². The first-order chi connectivity index (χ1) is 10.1. The van der Waals surface area contributed by atoms with Crippen molar-refractivity contribution in [2.24, 2.45) is 0 Å². The molecule has 0 saturated carbocycles. The molecule has 1 aromatic heterocycles. The first-order valence-electron chi connectivity index (χ1n) is 5.95. The van der Waals surface area contributed by atoms with Crippen molar-refractivity contribution >= 4 is 23.7 Å². The van der Waals surface area contributed by atoms with E-state index in [4.69, 9.17) is 10.2 Å². The average molecular weight is 308 g/mol. The highest BCUT2D eigenvalue weighted by atomic mass is 32.2. The summed E-state index contributed by atoms with van der Waals surface area (Å²) in [6.45, 7) is -0.313. The summed E-state index contributed by atoms with van der Waals surface area (Å²) in [5.74, 6) is -1.47. The fourth-order valence-corrected chi connectivity index (χ4v) is 2.61. The van der Waals surface area contributed by atoms with E-state index < -0.39 is 11.9 Å². The van der Waals surface area contributed by atoms with E-state index in [1.165, 1.54) is 16.4 Å². The molecule has 0 atom stereocenters. The molecule has 0 fully saturated rings. The Balaban J connectivity index is 2.08. The van der Waals surface area contributed by atoms with E-state index in [0.29, 0.717) is 10.9 Å². The van der Waals surface area contributed by atoms with Crippen molar-refractivity contribution in [3.63, 3.8) is 0 Å². The summed E-state index contributed by atoms with van der Waals surface area (Å²) in [4.78, 5) is 21.5. The van der Waals surface area contributed by atoms with E-state index in [0.717, 1.165) is 11.1 Å². The van der Waals surface area contributed by atoms with Crippen LogP contribution < -0.4 is 0 Å². The molecule has 9 heteroatoms. The summed E-state index contributed by atoms with van der Waals surface area (Å²) >= 11 is 1.26. The van der Waals surface area contributed by atoms with E-state index >= 15 is 0 Å². The number of rotatable bonds is 7. The van der Waals surface area contributed by atoms with Gasteiger partial charge in [-0.3, -0.25) is 9.59 Å². The molecule has 2 rings (SSSR count). The van der Waals surface area contributed by atoms with E-state index in [1.807, 2.05) is 12.1 Å². The SMILES string of the molecule is O=C(O)Cc1ccccc1CSc1nnnn1CC(=O)O. The molecule has 0 radical (unpaired) electrons. The maximum Gasteiger partial charge on any atom is 0.325 e. The Morgan fingerprint density at radius 2 is 1.86 bits per heavy atom. The third kappa shape index (κ3) is 4.28. The Bertz CT molecular complexity index is 658. The number of tetrazole rings is 1. The Morgan fingerprint density at radius 3 is 2.52 bits per heavy atom. The van der Waals surface area contributed by atoms with Crippen LogP contribution in [0.5, 0.6) is 0 Å². The van der Waals surface area contributed by atoms with Crippen LogP contribution in [0.4, 0.5) is 0 Å². The molecule has 0 saturated heterocycles. The van der Waals surface area contributed by atoms with Crippen LogP contribution in [0.3, 0.4) is 0 Å². The van der Waals surface area contributed by atoms with Gasteiger partial charge in [-0.15, -0.1) is 5.10 Å². The second kappa shape index (κ2) is 6.84. The number of nitrogens with zero attached hydrogens (tertiary/aromatic N) is 4. The molecule has 1 heterocycles. The maximum atomic E-state index is 10.8. The van der Waals surface area contributed by atoms with Gasteiger partial charge in [0.05, 0.1) is 6.42 Å². The second-order valence-corrected chi connectivity index (χ2v) is 5.08. The molecule has 0 unspecified atom stereocenters. The highest BCUT2D eigenvalue weighted by Crippen LogP contribution is 2.22. The number of benzene rings is 1. The molecule has 2 N–H and O–H groups in total. The normalized spacial score (nSPS) is 10.5. The number of hydrogen-bond donors (Lipinski definition) is 2. The van der Waals surface area contributed by atoms with Crippen molar-refractivity contribution in [1.29, 1.82) is 0 Å². The number of aliphatic carboxylic acids is 2. The number of hydrogen-bond acceptors (Lipinski definition) is 6. The average Bonchev–Trinajstić information content (AvgIpc) is 2.83. The number of carbonyl (C=O) groups is 2. The first kappa shape index (κ1) is 15.0. The lowest BCUT2D eigenvalue weighted by atomic mass is 10.1. The van der Waals surface area contributed by atoms with Gasteiger partial charge in [0.25, 0.3) is 0 Å². The number of carboxylic acids is 2. The van der Waals surface area contributed by atoms with Crippen molar-refractivity contribution in [3.05, 3.63) is 35.4 Å². The molecule has 2 aromatic rings. The van der Waals surface area contributed by atoms with Gasteiger partial charge >= 0.3 is 11.9 Å². The van der Waals surface area contributed by atoms with Crippen molar-refractivity contribution in [2.75, 3.05) is 0 Å². The highest BCUT2D eigenvalue weighted by molar-refractivity contribution is 7.98. The lowest BCUT2D eigenvalue weighted by Crippen LogP contribution is -2.11. The van der Waals surface area contributed by atoms with Gasteiger partial charge < -0.3 is 10.2 Å². The third-order valence-electron chi connectivity index (χ3n) is 2.60. The minimum Gasteiger partial charge on any atom is -0.481 e. The summed E-state index contributed by atoms with van der Waals surface area (Å²) < 4.78 is 1.19. The second-order valence-electron chi connectivity index (χ2n) is 4.14. The zero-order chi connectivity index (χ0) is 15.2. The molecule has 0 aliphatic carbocycles. The fraction of sp³-hybridized carbons (Fsp3) is 0.250. The number of aromatic nitrogens is 4. The Labute approximate surface area is 123 Å². The molecule has 0 bridgehead atoms. The van der Waals surface area contributed by atoms with Crippen LogP contribution in [-0.4, -0.2) is 42.4 Å². The smallest absolute Gasteiger partial charge is 0.325 e. The number of carboxylic acid groups (broad SMARTS) is 2. The maximum absolute atomic E-state index is 10.8. The van der Waals surface area contributed by atoms with E-state index in [9.17, 15) is 9.59 Å². The fourth-order valence-electron chi connectivity index (χ4n) is 1.70. The van der Waals surface area contributed by atoms with Crippen LogP contribution in [0.1, 0.15) is 11.1 Å². The van der Waals surface area contributed by atoms with Gasteiger partial charge in [0, 0.05) is 5.75 Å². The molecule has 1 aromatic carbocycles. The van der Waals surface area contributed by atoms with Crippen molar-refractivity contribution < 1.29 is 19.8 Å². The predicted molar refractivity (Wildman–Crippen MR) is 72.8 cm³/mol. The van der Waals surface area contributed by atoms with Gasteiger partial charge in [-0.1, -0.05) is 36.0 Å². The summed E-state index contributed by atoms with van der Waals surface area (Å²) in [6.07, 6.45) is -0.0587. The summed E-state index contributed by atoms with van der Waals surface area (Å²) in [7, 11) is 0. The van der Waals surface area contributed by atoms with Gasteiger partial charge in [-0.25, -0.2) is 4.68 Å². The molecule has 0 aliphatic heterocycles. The topological polar surface area (TPSA) is 118 Å². The summed E-state index contributed by atoms with van der Waals surface area (Å²) in [6, 6.07) is 7.18. The van der Waals surface area contributed by atoms with Crippen LogP contribution in [-0.2, 0) is 28.3 Å². The monoisotopic (exact) mass is 308 g/mol. The molecule has 0 amide bonds. The minimum atomic E-state index is -1.03. The molecule has 110 valence electrons. The lowest BCUT2D eigenvalue weighted by Gasteiger charge is -2.07. The van der Waals surface area contributed by atoms with Gasteiger partial charge in [-0.05, 0) is 21.6 Å². The van der Waals surface area contributed by atoms with Crippen LogP contribution in [0.25, 0.3) is 0 Å². The molecular weight excluding hydrogens is 296 g/mol. The molecular formula is C12H12N4O4S. The van der Waals surface area contributed by atoms with Gasteiger partial charge in [-0.2, -0.15) is 0 Å². The standard InChI is InChI=1S/C12H12N4O4S/c17-10(18)5-8-3-1-2-4-9(8)7-21-12-13-14-15-16(12)6-11(19)20/h1-4H,5-7H2,(H,17,18)(H,19,20). The molecule has 0 aliphatic rings. The van der Waals surface area contributed by atoms with Gasteiger partial charge in [0.2, 0.25) is 5.16 Å². The predicted octanol–water partition coefficient (Wildman–Crippen LogP) is 0.677. The highest BCUT2D eigenvalue weighted by Gasteiger charge is 2.12. The van der Waals surface area contributed by atoms with Gasteiger partial charge in [0.15, 0.2) is 0 Å². The van der Waals surface area contributed by atoms with Crippen molar-refractivity contribution in [2.45, 2.75) is 23.9 Å². The van der Waals surface area contributed by atoms with E-state index in [-0.39, 0.29) is 13.0 Å². The minimum absolute atomic E-state index is 0.0587. The van der Waals surface area contributed by atoms with Crippen LogP contribution in [0.2, 0.25) is 0 Å². The zero-order valence-corrected chi connectivity index (χ0v) is 11.7. The Hall–Kier alpha value is -2.42. The Kier molecular flexibility index (Phi) is 4.88. The molecule has 8 nitrogen and oxygen atoms in total. The largest absolute Gasteiger partial charge is 0.481 e. The first-order valence-corrected chi connectivity index (χ1v) is 6.94. The Morgan fingerprint density at radius 1 is 1.14 bits per heavy atom. The van der Waals surface area contributed by atoms with Crippen LogP contribution in [0.15, 0.2) is 29.4 Å². The lowest BCUT2D eigenvalue weighted by molar-refractivity contribution is -0.138. The zero-order valence-electron chi connectivity index (χ0n) is 10.8. The molecule has 0 spiro atoms.